The van der Waals surface area contributed by atoms with E-state index in [1.165, 1.54) is 6.33 Å². The topological polar surface area (TPSA) is 99.7 Å². The van der Waals surface area contributed by atoms with Crippen molar-refractivity contribution in [2.75, 3.05) is 31.7 Å². The number of alkyl halides is 1. The van der Waals surface area contributed by atoms with Gasteiger partial charge in [-0.25, -0.2) is 15.0 Å². The second kappa shape index (κ2) is 13.3. The van der Waals surface area contributed by atoms with Crippen LogP contribution >= 0.6 is 11.6 Å². The van der Waals surface area contributed by atoms with Crippen LogP contribution in [0.4, 0.5) is 11.5 Å². The van der Waals surface area contributed by atoms with Crippen molar-refractivity contribution in [3.05, 3.63) is 30.7 Å². The van der Waals surface area contributed by atoms with Crippen LogP contribution in [0.2, 0.25) is 39.3 Å². The fourth-order valence-corrected chi connectivity index (χ4v) is 12.8. The quantitative estimate of drug-likeness (QED) is 0.292. The molecule has 0 amide bonds. The maximum atomic E-state index is 5.70. The maximum Gasteiger partial charge on any atom is 0.262 e. The predicted molar refractivity (Wildman–Crippen MR) is 152 cm³/mol. The van der Waals surface area contributed by atoms with E-state index in [0.29, 0.717) is 52.6 Å². The van der Waals surface area contributed by atoms with Gasteiger partial charge in [0.1, 0.15) is 35.2 Å². The average molecular weight is 559 g/mol. The van der Waals surface area contributed by atoms with Gasteiger partial charge in [-0.05, 0) is 12.1 Å². The van der Waals surface area contributed by atoms with Crippen LogP contribution in [0, 0.1) is 0 Å². The van der Waals surface area contributed by atoms with Gasteiger partial charge in [0, 0.05) is 47.2 Å². The number of fused-ring (bicyclic) bond motifs is 2. The first kappa shape index (κ1) is 30.6. The summed E-state index contributed by atoms with van der Waals surface area (Å²) in [7, 11) is -0.386. The van der Waals surface area contributed by atoms with Gasteiger partial charge in [-0.1, -0.05) is 39.3 Å². The molecule has 0 bridgehead atoms. The molecule has 4 rings (SSSR count). The first-order valence-corrected chi connectivity index (χ1v) is 18.9. The molecule has 2 N–H and O–H groups in total. The van der Waals surface area contributed by atoms with Gasteiger partial charge in [0.15, 0.2) is 11.5 Å². The Hall–Kier alpha value is -1.61. The summed E-state index contributed by atoms with van der Waals surface area (Å²) in [5, 5.41) is 4.02. The van der Waals surface area contributed by atoms with Crippen molar-refractivity contribution in [2.45, 2.75) is 39.3 Å². The van der Waals surface area contributed by atoms with Crippen LogP contribution in [0.15, 0.2) is 30.7 Å². The van der Waals surface area contributed by atoms with Gasteiger partial charge in [-0.3, -0.25) is 0 Å². The van der Waals surface area contributed by atoms with Crippen molar-refractivity contribution < 1.29 is 18.9 Å². The largest absolute Gasteiger partial charge is 0.493 e. The number of hydrogen-bond donors (Lipinski definition) is 2. The number of hydrogen-bond acceptors (Lipinski definition) is 9. The van der Waals surface area contributed by atoms with Crippen LogP contribution in [0.5, 0.6) is 23.1 Å². The van der Waals surface area contributed by atoms with Crippen LogP contribution in [0.3, 0.4) is 0 Å². The normalized spacial score (nSPS) is 12.3. The zero-order valence-electron chi connectivity index (χ0n) is 22.4. The molecule has 0 aliphatic carbocycles. The number of nitrogens with one attached hydrogen (secondary N) is 2. The molecule has 0 unspecified atom stereocenters. The van der Waals surface area contributed by atoms with E-state index in [0.717, 1.165) is 5.39 Å². The third-order valence-corrected chi connectivity index (χ3v) is 10.7. The number of rotatable bonds is 8. The summed E-state index contributed by atoms with van der Waals surface area (Å²) in [6, 6.07) is 5.40. The minimum atomic E-state index is -0.981. The molecule has 13 heteroatoms. The van der Waals surface area contributed by atoms with Gasteiger partial charge < -0.3 is 28.9 Å². The Kier molecular flexibility index (Phi) is 11.3. The molecule has 0 saturated heterocycles. The van der Waals surface area contributed by atoms with Gasteiger partial charge in [0.05, 0.1) is 24.2 Å². The molecule has 1 radical (unpaired) electrons. The number of benzene rings is 1. The Morgan fingerprint density at radius 3 is 2.33 bits per heavy atom. The summed E-state index contributed by atoms with van der Waals surface area (Å²) < 4.78 is 25.6. The SMILES string of the molecule is COc1cc2c(Nc3ccnc4c3OCO4)ncnc2cc1OCCCl.C[Si](C)(C)N[Si](C)(C)C.[Na]. The van der Waals surface area contributed by atoms with E-state index in [4.69, 9.17) is 30.5 Å². The van der Waals surface area contributed by atoms with Gasteiger partial charge in [0.25, 0.3) is 5.88 Å². The molecular weight excluding hydrogens is 525 g/mol. The minimum Gasteiger partial charge on any atom is -0.493 e. The van der Waals surface area contributed by atoms with Gasteiger partial charge in [0.2, 0.25) is 12.5 Å². The van der Waals surface area contributed by atoms with Crippen molar-refractivity contribution in [3.8, 4) is 23.1 Å². The van der Waals surface area contributed by atoms with E-state index in [1.807, 2.05) is 6.07 Å². The van der Waals surface area contributed by atoms with Gasteiger partial charge in [-0.15, -0.1) is 11.6 Å². The second-order valence-corrected chi connectivity index (χ2v) is 20.3. The molecule has 0 fully saturated rings. The Balaban J connectivity index is 0.000000394. The molecule has 0 saturated carbocycles. The third kappa shape index (κ3) is 8.75. The molecule has 1 aromatic carbocycles. The molecular formula is C23H34ClN5NaO4Si2. The minimum absolute atomic E-state index is 0. The predicted octanol–water partition coefficient (Wildman–Crippen LogP) is 4.99. The van der Waals surface area contributed by atoms with E-state index in [9.17, 15) is 0 Å². The number of pyridine rings is 1. The van der Waals surface area contributed by atoms with Crippen molar-refractivity contribution in [1.29, 1.82) is 0 Å². The monoisotopic (exact) mass is 558 g/mol. The zero-order valence-corrected chi connectivity index (χ0v) is 27.1. The van der Waals surface area contributed by atoms with E-state index in [-0.39, 0.29) is 36.4 Å². The van der Waals surface area contributed by atoms with E-state index in [1.54, 1.807) is 25.4 Å². The first-order valence-electron chi connectivity index (χ1n) is 11.3. The summed E-state index contributed by atoms with van der Waals surface area (Å²) in [5.41, 5.74) is 1.41. The van der Waals surface area contributed by atoms with Gasteiger partial charge >= 0.3 is 0 Å². The number of anilines is 2. The number of aromatic nitrogens is 3. The van der Waals surface area contributed by atoms with E-state index >= 15 is 0 Å². The van der Waals surface area contributed by atoms with E-state index < -0.39 is 16.5 Å². The third-order valence-electron chi connectivity index (χ3n) is 4.53. The Labute approximate surface area is 242 Å². The molecule has 1 aliphatic heterocycles. The second-order valence-electron chi connectivity index (χ2n) is 9.93. The van der Waals surface area contributed by atoms with Crippen molar-refractivity contribution in [2.24, 2.45) is 0 Å². The fourth-order valence-electron chi connectivity index (χ4n) is 3.75. The summed E-state index contributed by atoms with van der Waals surface area (Å²) in [6.45, 7) is 14.6. The molecule has 9 nitrogen and oxygen atoms in total. The average Bonchev–Trinajstić information content (AvgIpc) is 3.25. The molecule has 3 heterocycles. The van der Waals surface area contributed by atoms with Crippen LogP contribution < -0.4 is 28.9 Å². The number of nitrogens with zero attached hydrogens (tertiary/aromatic N) is 3. The van der Waals surface area contributed by atoms with Crippen molar-refractivity contribution >= 4 is 80.0 Å². The Morgan fingerprint density at radius 2 is 1.72 bits per heavy atom. The van der Waals surface area contributed by atoms with E-state index in [2.05, 4.69) is 64.2 Å². The summed E-state index contributed by atoms with van der Waals surface area (Å²) in [4.78, 5) is 12.8. The maximum absolute atomic E-state index is 5.70. The zero-order chi connectivity index (χ0) is 25.6. The molecule has 191 valence electrons. The molecule has 36 heavy (non-hydrogen) atoms. The van der Waals surface area contributed by atoms with Crippen LogP contribution in [-0.2, 0) is 0 Å². The summed E-state index contributed by atoms with van der Waals surface area (Å²) >= 11 is 5.70. The molecule has 2 aromatic heterocycles. The standard InChI is InChI=1S/C17H15ClN4O4.C6H19NSi2.Na/c1-23-13-6-10-12(7-14(13)24-5-3-18)20-8-21-16(10)22-11-2-4-19-17-15(11)25-9-26-17;1-8(2,3)7-9(4,5)6;/h2,4,6-8H,3,5,9H2,1H3,(H,19,20,21,22);7H,1-6H3;. The number of methoxy groups -OCH3 is 1. The Morgan fingerprint density at radius 1 is 1.00 bits per heavy atom. The number of halogens is 1. The summed E-state index contributed by atoms with van der Waals surface area (Å²) in [5.74, 6) is 3.12. The Bertz CT molecular complexity index is 1150. The summed E-state index contributed by atoms with van der Waals surface area (Å²) in [6.07, 6.45) is 3.11. The molecule has 3 aromatic rings. The molecule has 1 aliphatic rings. The fraction of sp³-hybridized carbons (Fsp3) is 0.435. The van der Waals surface area contributed by atoms with Crippen LogP contribution in [0.25, 0.3) is 10.9 Å². The van der Waals surface area contributed by atoms with Crippen LogP contribution in [0.1, 0.15) is 0 Å². The van der Waals surface area contributed by atoms with Crippen molar-refractivity contribution in [3.63, 3.8) is 0 Å². The molecule has 0 spiro atoms. The van der Waals surface area contributed by atoms with Crippen LogP contribution in [-0.4, -0.2) is 87.4 Å². The van der Waals surface area contributed by atoms with Crippen molar-refractivity contribution in [1.82, 2.24) is 19.6 Å². The van der Waals surface area contributed by atoms with Gasteiger partial charge in [-0.2, -0.15) is 0 Å². The smallest absolute Gasteiger partial charge is 0.262 e. The number of ether oxygens (including phenoxy) is 4. The molecule has 0 atom stereocenters. The first-order chi connectivity index (χ1) is 16.5.